The van der Waals surface area contributed by atoms with Crippen LogP contribution in [0.5, 0.6) is 0 Å². The summed E-state index contributed by atoms with van der Waals surface area (Å²) >= 11 is 0. The van der Waals surface area contributed by atoms with Crippen LogP contribution in [-0.2, 0) is 6.54 Å². The van der Waals surface area contributed by atoms with E-state index in [1.54, 1.807) is 0 Å². The molecule has 142 valence electrons. The Bertz CT molecular complexity index is 711. The number of rotatable bonds is 8. The van der Waals surface area contributed by atoms with Gasteiger partial charge >= 0.3 is 0 Å². The summed E-state index contributed by atoms with van der Waals surface area (Å²) in [5, 5.41) is 7.64. The molecule has 1 N–H and O–H groups in total. The number of aryl methyl sites for hydroxylation is 1. The topological polar surface area (TPSA) is 50.2 Å². The number of aromatic nitrogens is 2. The Balaban J connectivity index is 2.03. The van der Waals surface area contributed by atoms with Crippen LogP contribution in [0.4, 0.5) is 0 Å². The van der Waals surface area contributed by atoms with Gasteiger partial charge in [0, 0.05) is 30.9 Å². The van der Waals surface area contributed by atoms with Gasteiger partial charge in [0.25, 0.3) is 5.91 Å². The molecule has 1 aromatic carbocycles. The molecule has 1 amide bonds. The second kappa shape index (κ2) is 8.99. The highest BCUT2D eigenvalue weighted by Gasteiger charge is 2.19. The highest BCUT2D eigenvalue weighted by Crippen LogP contribution is 2.15. The van der Waals surface area contributed by atoms with Crippen LogP contribution in [0.25, 0.3) is 0 Å². The van der Waals surface area contributed by atoms with Gasteiger partial charge in [0.1, 0.15) is 0 Å². The summed E-state index contributed by atoms with van der Waals surface area (Å²) in [6.45, 7) is 14.8. The molecule has 0 atom stereocenters. The van der Waals surface area contributed by atoms with E-state index in [9.17, 15) is 4.79 Å². The van der Waals surface area contributed by atoms with Crippen molar-refractivity contribution in [2.75, 3.05) is 13.1 Å². The Hall–Kier alpha value is -2.14. The number of nitrogens with one attached hydrogen (secondary N) is 1. The van der Waals surface area contributed by atoms with Crippen molar-refractivity contribution >= 4 is 5.91 Å². The molecule has 1 aromatic heterocycles. The Morgan fingerprint density at radius 2 is 1.73 bits per heavy atom. The minimum atomic E-state index is -0.0354. The second-order valence-corrected chi connectivity index (χ2v) is 7.37. The molecule has 0 unspecified atom stereocenters. The van der Waals surface area contributed by atoms with E-state index in [1.807, 2.05) is 36.7 Å². The van der Waals surface area contributed by atoms with Crippen LogP contribution < -0.4 is 5.32 Å². The molecule has 0 saturated carbocycles. The zero-order valence-corrected chi connectivity index (χ0v) is 16.9. The van der Waals surface area contributed by atoms with Gasteiger partial charge in [-0.25, -0.2) is 0 Å². The number of amides is 1. The van der Waals surface area contributed by atoms with Gasteiger partial charge < -0.3 is 5.32 Å². The number of nitrogens with zero attached hydrogens (tertiary/aromatic N) is 3. The number of carbonyl (C=O) groups is 1. The SMILES string of the molecule is Cc1nn(Cc2ccccc2)c(C)c1C(=O)NCCN(C(C)C)C(C)C. The first kappa shape index (κ1) is 20.2. The molecule has 0 aliphatic rings. The van der Waals surface area contributed by atoms with Crippen LogP contribution in [0.15, 0.2) is 30.3 Å². The lowest BCUT2D eigenvalue weighted by atomic mass is 10.1. The summed E-state index contributed by atoms with van der Waals surface area (Å²) in [6.07, 6.45) is 0. The predicted molar refractivity (Wildman–Crippen MR) is 107 cm³/mol. The maximum Gasteiger partial charge on any atom is 0.255 e. The molecule has 5 nitrogen and oxygen atoms in total. The average molecular weight is 357 g/mol. The van der Waals surface area contributed by atoms with E-state index in [0.29, 0.717) is 30.7 Å². The fourth-order valence-electron chi connectivity index (χ4n) is 3.44. The summed E-state index contributed by atoms with van der Waals surface area (Å²) in [4.78, 5) is 15.1. The molecule has 0 aliphatic heterocycles. The molecule has 0 spiro atoms. The zero-order valence-electron chi connectivity index (χ0n) is 16.9. The lowest BCUT2D eigenvalue weighted by molar-refractivity contribution is 0.0938. The largest absolute Gasteiger partial charge is 0.351 e. The van der Waals surface area contributed by atoms with Crippen LogP contribution in [0.3, 0.4) is 0 Å². The Morgan fingerprint density at radius 3 is 2.31 bits per heavy atom. The molecule has 1 heterocycles. The summed E-state index contributed by atoms with van der Waals surface area (Å²) in [6, 6.07) is 11.1. The van der Waals surface area contributed by atoms with E-state index >= 15 is 0 Å². The van der Waals surface area contributed by atoms with E-state index in [4.69, 9.17) is 0 Å². The summed E-state index contributed by atoms with van der Waals surface area (Å²) in [5.41, 5.74) is 3.56. The highest BCUT2D eigenvalue weighted by molar-refractivity contribution is 5.96. The fraction of sp³-hybridized carbons (Fsp3) is 0.524. The van der Waals surface area contributed by atoms with Crippen molar-refractivity contribution in [2.45, 2.75) is 60.2 Å². The molecule has 2 aromatic rings. The molecule has 0 aliphatic carbocycles. The molecule has 0 radical (unpaired) electrons. The van der Waals surface area contributed by atoms with Crippen LogP contribution in [-0.4, -0.2) is 45.8 Å². The molecular weight excluding hydrogens is 324 g/mol. The van der Waals surface area contributed by atoms with Crippen molar-refractivity contribution in [3.05, 3.63) is 52.8 Å². The minimum absolute atomic E-state index is 0.0354. The third-order valence-electron chi connectivity index (χ3n) is 4.77. The van der Waals surface area contributed by atoms with Gasteiger partial charge in [-0.3, -0.25) is 14.4 Å². The molecule has 0 bridgehead atoms. The quantitative estimate of drug-likeness (QED) is 0.789. The van der Waals surface area contributed by atoms with Gasteiger partial charge in [-0.2, -0.15) is 5.10 Å². The van der Waals surface area contributed by atoms with Crippen molar-refractivity contribution in [3.8, 4) is 0 Å². The van der Waals surface area contributed by atoms with Crippen LogP contribution in [0.1, 0.15) is 55.0 Å². The van der Waals surface area contributed by atoms with Crippen LogP contribution in [0, 0.1) is 13.8 Å². The highest BCUT2D eigenvalue weighted by atomic mass is 16.1. The van der Waals surface area contributed by atoms with Crippen LogP contribution in [0.2, 0.25) is 0 Å². The monoisotopic (exact) mass is 356 g/mol. The first-order valence-electron chi connectivity index (χ1n) is 9.43. The van der Waals surface area contributed by atoms with Gasteiger partial charge in [-0.15, -0.1) is 0 Å². The Morgan fingerprint density at radius 1 is 1.12 bits per heavy atom. The maximum atomic E-state index is 12.7. The smallest absolute Gasteiger partial charge is 0.255 e. The van der Waals surface area contributed by atoms with Crippen molar-refractivity contribution < 1.29 is 4.79 Å². The van der Waals surface area contributed by atoms with E-state index < -0.39 is 0 Å². The summed E-state index contributed by atoms with van der Waals surface area (Å²) in [7, 11) is 0. The third-order valence-corrected chi connectivity index (χ3v) is 4.77. The summed E-state index contributed by atoms with van der Waals surface area (Å²) < 4.78 is 1.91. The van der Waals surface area contributed by atoms with Crippen molar-refractivity contribution in [3.63, 3.8) is 0 Å². The lowest BCUT2D eigenvalue weighted by Gasteiger charge is -2.30. The molecule has 0 fully saturated rings. The predicted octanol–water partition coefficient (Wildman–Crippen LogP) is 3.40. The first-order chi connectivity index (χ1) is 12.3. The zero-order chi connectivity index (χ0) is 19.3. The van der Waals surface area contributed by atoms with Gasteiger partial charge in [-0.05, 0) is 47.1 Å². The van der Waals surface area contributed by atoms with E-state index in [-0.39, 0.29) is 5.91 Å². The fourth-order valence-corrected chi connectivity index (χ4v) is 3.44. The van der Waals surface area contributed by atoms with Gasteiger partial charge in [-0.1, -0.05) is 30.3 Å². The van der Waals surface area contributed by atoms with Gasteiger partial charge in [0.15, 0.2) is 0 Å². The Kier molecular flexibility index (Phi) is 6.98. The average Bonchev–Trinajstić information content (AvgIpc) is 2.85. The van der Waals surface area contributed by atoms with Crippen LogP contribution >= 0.6 is 0 Å². The Labute approximate surface area is 157 Å². The second-order valence-electron chi connectivity index (χ2n) is 7.37. The molecule has 2 rings (SSSR count). The minimum Gasteiger partial charge on any atom is -0.351 e. The number of hydrogen-bond donors (Lipinski definition) is 1. The molecule has 26 heavy (non-hydrogen) atoms. The molecule has 0 saturated heterocycles. The van der Waals surface area contributed by atoms with E-state index in [0.717, 1.165) is 17.9 Å². The maximum absolute atomic E-state index is 12.7. The normalized spacial score (nSPS) is 11.6. The molecular formula is C21H32N4O. The number of benzene rings is 1. The van der Waals surface area contributed by atoms with Gasteiger partial charge in [0.2, 0.25) is 0 Å². The van der Waals surface area contributed by atoms with Gasteiger partial charge in [0.05, 0.1) is 17.8 Å². The van der Waals surface area contributed by atoms with Crippen molar-refractivity contribution in [1.29, 1.82) is 0 Å². The van der Waals surface area contributed by atoms with Crippen molar-refractivity contribution in [1.82, 2.24) is 20.0 Å². The summed E-state index contributed by atoms with van der Waals surface area (Å²) in [5.74, 6) is -0.0354. The number of hydrogen-bond acceptors (Lipinski definition) is 3. The first-order valence-corrected chi connectivity index (χ1v) is 9.43. The molecule has 5 heteroatoms. The standard InChI is InChI=1S/C21H32N4O/c1-15(2)24(16(3)4)13-12-22-21(26)20-17(5)23-25(18(20)6)14-19-10-8-7-9-11-19/h7-11,15-16H,12-14H2,1-6H3,(H,22,26). The lowest BCUT2D eigenvalue weighted by Crippen LogP contribution is -2.42. The number of carbonyl (C=O) groups excluding carboxylic acids is 1. The van der Waals surface area contributed by atoms with E-state index in [2.05, 4.69) is 55.1 Å². The third kappa shape index (κ3) is 4.94. The van der Waals surface area contributed by atoms with E-state index in [1.165, 1.54) is 5.56 Å². The van der Waals surface area contributed by atoms with Crippen molar-refractivity contribution in [2.24, 2.45) is 0 Å².